The molecule has 0 aliphatic carbocycles. The monoisotopic (exact) mass is 415 g/mol. The highest BCUT2D eigenvalue weighted by atomic mass is 16.6. The predicted molar refractivity (Wildman–Crippen MR) is 106 cm³/mol. The Morgan fingerprint density at radius 3 is 2.23 bits per heavy atom. The maximum atomic E-state index is 12.9. The van der Waals surface area contributed by atoms with Crippen LogP contribution in [0.1, 0.15) is 39.3 Å². The quantitative estimate of drug-likeness (QED) is 0.455. The van der Waals surface area contributed by atoms with Crippen LogP contribution in [-0.2, 0) is 20.6 Å². The van der Waals surface area contributed by atoms with E-state index in [0.717, 1.165) is 5.69 Å². The van der Waals surface area contributed by atoms with E-state index >= 15 is 0 Å². The van der Waals surface area contributed by atoms with Crippen LogP contribution in [0, 0.1) is 24.0 Å². The van der Waals surface area contributed by atoms with Crippen molar-refractivity contribution in [1.29, 1.82) is 0 Å². The van der Waals surface area contributed by atoms with E-state index in [1.807, 2.05) is 0 Å². The van der Waals surface area contributed by atoms with Crippen molar-refractivity contribution in [1.82, 2.24) is 29.3 Å². The van der Waals surface area contributed by atoms with E-state index in [1.54, 1.807) is 25.6 Å². The molecule has 30 heavy (non-hydrogen) atoms. The van der Waals surface area contributed by atoms with Gasteiger partial charge >= 0.3 is 5.69 Å². The Labute approximate surface area is 170 Å². The Morgan fingerprint density at radius 1 is 1.03 bits per heavy atom. The molecule has 0 aliphatic heterocycles. The Morgan fingerprint density at radius 2 is 1.67 bits per heavy atom. The van der Waals surface area contributed by atoms with Crippen LogP contribution in [-0.4, -0.2) is 46.1 Å². The maximum Gasteiger partial charge on any atom is 0.322 e. The van der Waals surface area contributed by atoms with Gasteiger partial charge in [0.2, 0.25) is 5.69 Å². The minimum Gasteiger partial charge on any atom is -0.318 e. The highest BCUT2D eigenvalue weighted by Gasteiger charge is 2.30. The number of hydrogen-bond donors (Lipinski definition) is 2. The number of nitro groups is 1. The molecular formula is C17H21N9O4. The van der Waals surface area contributed by atoms with E-state index in [0.29, 0.717) is 12.2 Å². The van der Waals surface area contributed by atoms with Gasteiger partial charge in [-0.1, -0.05) is 0 Å². The van der Waals surface area contributed by atoms with Crippen molar-refractivity contribution in [2.24, 2.45) is 14.1 Å². The third-order valence-electron chi connectivity index (χ3n) is 4.79. The van der Waals surface area contributed by atoms with Crippen molar-refractivity contribution in [3.8, 4) is 0 Å². The first kappa shape index (κ1) is 20.7. The summed E-state index contributed by atoms with van der Waals surface area (Å²) in [5.74, 6) is -1.32. The molecule has 0 atom stereocenters. The van der Waals surface area contributed by atoms with Crippen molar-refractivity contribution in [2.45, 2.75) is 27.3 Å². The van der Waals surface area contributed by atoms with E-state index in [2.05, 4.69) is 25.9 Å². The first-order valence-corrected chi connectivity index (χ1v) is 9.00. The van der Waals surface area contributed by atoms with Crippen LogP contribution in [0.5, 0.6) is 0 Å². The lowest BCUT2D eigenvalue weighted by atomic mass is 10.2. The van der Waals surface area contributed by atoms with Crippen LogP contribution >= 0.6 is 0 Å². The zero-order chi connectivity index (χ0) is 22.2. The molecule has 0 saturated heterocycles. The molecule has 0 aliphatic rings. The third-order valence-corrected chi connectivity index (χ3v) is 4.79. The van der Waals surface area contributed by atoms with Gasteiger partial charge in [-0.05, 0) is 20.8 Å². The smallest absolute Gasteiger partial charge is 0.318 e. The molecule has 2 N–H and O–H groups in total. The Kier molecular flexibility index (Phi) is 5.36. The lowest BCUT2D eigenvalue weighted by molar-refractivity contribution is -0.385. The van der Waals surface area contributed by atoms with Crippen LogP contribution in [0.3, 0.4) is 0 Å². The highest BCUT2D eigenvalue weighted by molar-refractivity contribution is 6.12. The number of nitrogens with one attached hydrogen (secondary N) is 2. The topological polar surface area (TPSA) is 155 Å². The second-order valence-corrected chi connectivity index (χ2v) is 6.56. The van der Waals surface area contributed by atoms with Gasteiger partial charge in [0.15, 0.2) is 0 Å². The van der Waals surface area contributed by atoms with Crippen molar-refractivity contribution < 1.29 is 14.5 Å². The Bertz CT molecular complexity index is 1150. The van der Waals surface area contributed by atoms with Crippen molar-refractivity contribution >= 4 is 28.9 Å². The fourth-order valence-electron chi connectivity index (χ4n) is 2.91. The zero-order valence-corrected chi connectivity index (χ0v) is 17.1. The molecule has 0 fully saturated rings. The highest BCUT2D eigenvalue weighted by Crippen LogP contribution is 2.25. The third kappa shape index (κ3) is 3.52. The predicted octanol–water partition coefficient (Wildman–Crippen LogP) is 1.40. The normalized spacial score (nSPS) is 10.8. The number of amides is 2. The van der Waals surface area contributed by atoms with Gasteiger partial charge in [0.25, 0.3) is 11.8 Å². The minimum atomic E-state index is -0.812. The van der Waals surface area contributed by atoms with E-state index in [9.17, 15) is 19.7 Å². The molecule has 0 unspecified atom stereocenters. The summed E-state index contributed by atoms with van der Waals surface area (Å²) in [6, 6.07) is 0. The van der Waals surface area contributed by atoms with Crippen molar-refractivity contribution in [2.75, 3.05) is 10.6 Å². The number of aryl methyl sites for hydroxylation is 3. The number of carbonyl (C=O) groups excluding carboxylic acids is 2. The summed E-state index contributed by atoms with van der Waals surface area (Å²) in [7, 11) is 3.25. The molecule has 0 spiro atoms. The molecule has 13 heteroatoms. The molecule has 2 amide bonds. The molecule has 0 saturated carbocycles. The number of aromatic nitrogens is 6. The van der Waals surface area contributed by atoms with E-state index in [-0.39, 0.29) is 22.8 Å². The number of carbonyl (C=O) groups is 2. The van der Waals surface area contributed by atoms with Crippen LogP contribution in [0.2, 0.25) is 0 Å². The molecule has 3 aromatic rings. The molecule has 0 bridgehead atoms. The van der Waals surface area contributed by atoms with Gasteiger partial charge in [0.1, 0.15) is 11.4 Å². The number of rotatable bonds is 6. The van der Waals surface area contributed by atoms with Crippen molar-refractivity contribution in [3.05, 3.63) is 45.3 Å². The number of anilines is 2. The lowest BCUT2D eigenvalue weighted by Gasteiger charge is -2.09. The summed E-state index contributed by atoms with van der Waals surface area (Å²) in [6.07, 6.45) is 2.83. The lowest BCUT2D eigenvalue weighted by Crippen LogP contribution is -2.21. The fourth-order valence-corrected chi connectivity index (χ4v) is 2.91. The maximum absolute atomic E-state index is 12.9. The second kappa shape index (κ2) is 7.77. The molecular weight excluding hydrogens is 394 g/mol. The Balaban J connectivity index is 1.93. The molecule has 3 aromatic heterocycles. The summed E-state index contributed by atoms with van der Waals surface area (Å²) in [5.41, 5.74) is 0.964. The molecule has 3 rings (SSSR count). The van der Waals surface area contributed by atoms with Gasteiger partial charge in [0.05, 0.1) is 34.4 Å². The van der Waals surface area contributed by atoms with Gasteiger partial charge in [-0.15, -0.1) is 0 Å². The first-order valence-electron chi connectivity index (χ1n) is 9.00. The average molecular weight is 415 g/mol. The van der Waals surface area contributed by atoms with Gasteiger partial charge < -0.3 is 10.6 Å². The number of nitrogens with zero attached hydrogens (tertiary/aromatic N) is 7. The zero-order valence-electron chi connectivity index (χ0n) is 17.1. The molecule has 0 aromatic carbocycles. The number of hydrogen-bond acceptors (Lipinski definition) is 7. The van der Waals surface area contributed by atoms with Gasteiger partial charge in [-0.2, -0.15) is 15.3 Å². The van der Waals surface area contributed by atoms with Crippen LogP contribution in [0.4, 0.5) is 17.1 Å². The van der Waals surface area contributed by atoms with Crippen molar-refractivity contribution in [3.63, 3.8) is 0 Å². The minimum absolute atomic E-state index is 0.101. The molecule has 3 heterocycles. The summed E-state index contributed by atoms with van der Waals surface area (Å²) in [6.45, 7) is 5.45. The molecule has 158 valence electrons. The first-order chi connectivity index (χ1) is 14.1. The summed E-state index contributed by atoms with van der Waals surface area (Å²) < 4.78 is 4.27. The van der Waals surface area contributed by atoms with E-state index < -0.39 is 22.4 Å². The average Bonchev–Trinajstić information content (AvgIpc) is 3.33. The van der Waals surface area contributed by atoms with E-state index in [4.69, 9.17) is 0 Å². The summed E-state index contributed by atoms with van der Waals surface area (Å²) in [4.78, 5) is 36.3. The van der Waals surface area contributed by atoms with Gasteiger partial charge in [-0.3, -0.25) is 33.7 Å². The second-order valence-electron chi connectivity index (χ2n) is 6.56. The summed E-state index contributed by atoms with van der Waals surface area (Å²) in [5, 5.41) is 28.7. The van der Waals surface area contributed by atoms with Crippen LogP contribution < -0.4 is 10.6 Å². The van der Waals surface area contributed by atoms with Gasteiger partial charge in [0, 0.05) is 20.6 Å². The fraction of sp³-hybridized carbons (Fsp3) is 0.353. The summed E-state index contributed by atoms with van der Waals surface area (Å²) >= 11 is 0. The molecule has 13 nitrogen and oxygen atoms in total. The van der Waals surface area contributed by atoms with Crippen LogP contribution in [0.15, 0.2) is 12.4 Å². The standard InChI is InChI=1S/C17H21N9O4/c1-6-25-15(17(28)20-11-7-18-23(4)9(11)2)12(8-19-25)21-16(27)13-14(26(29)30)10(3)24(5)22-13/h7-8H,6H2,1-5H3,(H,20,28)(H,21,27). The van der Waals surface area contributed by atoms with E-state index in [1.165, 1.54) is 35.7 Å². The molecule has 0 radical (unpaired) electrons. The van der Waals surface area contributed by atoms with Gasteiger partial charge in [-0.25, -0.2) is 0 Å². The van der Waals surface area contributed by atoms with Crippen LogP contribution in [0.25, 0.3) is 0 Å². The largest absolute Gasteiger partial charge is 0.322 e. The SMILES string of the molecule is CCn1ncc(NC(=O)c2nn(C)c(C)c2[N+](=O)[O-])c1C(=O)Nc1cnn(C)c1C. The Hall–Kier alpha value is -4.03.